The predicted molar refractivity (Wildman–Crippen MR) is 141 cm³/mol. The summed E-state index contributed by atoms with van der Waals surface area (Å²) in [4.78, 5) is 22.8. The SMILES string of the molecule is COc1ccc(CN2CCC[C@@H](c3cc(N(C)C)nc(-c4cccnc4)n3)C2)cc1Cn1ccnc1. The molecule has 3 aromatic heterocycles. The standard InChI is InChI=1S/C28H33N7O/c1-33(2)27-15-25(31-28(32-27)22-6-4-10-29-16-22)23-7-5-12-34(18-23)17-21-8-9-26(36-3)24(14-21)19-35-13-11-30-20-35/h4,6,8-11,13-16,20,23H,5,7,12,17-19H2,1-3H3/t23-/m1/s1. The number of anilines is 1. The lowest BCUT2D eigenvalue weighted by Gasteiger charge is -2.33. The molecule has 186 valence electrons. The van der Waals surface area contributed by atoms with Crippen molar-refractivity contribution in [2.75, 3.05) is 39.2 Å². The molecule has 1 fully saturated rings. The quantitative estimate of drug-likeness (QED) is 0.371. The average molecular weight is 484 g/mol. The van der Waals surface area contributed by atoms with Gasteiger partial charge in [0.25, 0.3) is 0 Å². The van der Waals surface area contributed by atoms with Gasteiger partial charge in [0.15, 0.2) is 5.82 Å². The lowest BCUT2D eigenvalue weighted by Crippen LogP contribution is -2.34. The molecule has 1 saturated heterocycles. The summed E-state index contributed by atoms with van der Waals surface area (Å²) in [7, 11) is 5.78. The van der Waals surface area contributed by atoms with Crippen molar-refractivity contribution in [2.24, 2.45) is 0 Å². The van der Waals surface area contributed by atoms with Gasteiger partial charge in [-0.2, -0.15) is 0 Å². The summed E-state index contributed by atoms with van der Waals surface area (Å²) in [6.07, 6.45) is 11.5. The number of hydrogen-bond acceptors (Lipinski definition) is 7. The summed E-state index contributed by atoms with van der Waals surface area (Å²) in [5, 5.41) is 0. The Balaban J connectivity index is 1.35. The minimum atomic E-state index is 0.361. The van der Waals surface area contributed by atoms with Crippen LogP contribution in [0.15, 0.2) is 67.5 Å². The van der Waals surface area contributed by atoms with Crippen molar-refractivity contribution in [3.63, 3.8) is 0 Å². The number of hydrogen-bond donors (Lipinski definition) is 0. The van der Waals surface area contributed by atoms with Crippen molar-refractivity contribution >= 4 is 5.82 Å². The fourth-order valence-corrected chi connectivity index (χ4v) is 4.84. The molecule has 1 aromatic carbocycles. The number of imidazole rings is 1. The molecule has 5 rings (SSSR count). The Morgan fingerprint density at radius 3 is 2.72 bits per heavy atom. The fourth-order valence-electron chi connectivity index (χ4n) is 4.84. The summed E-state index contributed by atoms with van der Waals surface area (Å²) in [6, 6.07) is 12.6. The number of piperidine rings is 1. The monoisotopic (exact) mass is 483 g/mol. The number of rotatable bonds is 8. The van der Waals surface area contributed by atoms with Gasteiger partial charge in [-0.15, -0.1) is 0 Å². The zero-order chi connectivity index (χ0) is 24.9. The van der Waals surface area contributed by atoms with E-state index in [1.54, 1.807) is 19.5 Å². The van der Waals surface area contributed by atoms with E-state index in [0.717, 1.165) is 73.2 Å². The lowest BCUT2D eigenvalue weighted by molar-refractivity contribution is 0.198. The van der Waals surface area contributed by atoms with Gasteiger partial charge in [-0.1, -0.05) is 6.07 Å². The first-order chi connectivity index (χ1) is 17.6. The summed E-state index contributed by atoms with van der Waals surface area (Å²) in [5.41, 5.74) is 4.50. The molecule has 1 atom stereocenters. The maximum atomic E-state index is 5.62. The Hall–Kier alpha value is -3.78. The maximum Gasteiger partial charge on any atom is 0.163 e. The number of pyridine rings is 1. The van der Waals surface area contributed by atoms with Crippen molar-refractivity contribution in [1.29, 1.82) is 0 Å². The zero-order valence-corrected chi connectivity index (χ0v) is 21.2. The molecule has 36 heavy (non-hydrogen) atoms. The number of benzene rings is 1. The van der Waals surface area contributed by atoms with E-state index in [0.29, 0.717) is 5.92 Å². The molecule has 0 unspecified atom stereocenters. The molecule has 0 radical (unpaired) electrons. The first kappa shape index (κ1) is 23.9. The minimum absolute atomic E-state index is 0.361. The Kier molecular flexibility index (Phi) is 7.23. The molecule has 4 aromatic rings. The molecule has 0 bridgehead atoms. The van der Waals surface area contributed by atoms with Gasteiger partial charge in [-0.3, -0.25) is 9.88 Å². The Morgan fingerprint density at radius 1 is 1.06 bits per heavy atom. The van der Waals surface area contributed by atoms with Gasteiger partial charge in [0.1, 0.15) is 11.6 Å². The van der Waals surface area contributed by atoms with E-state index >= 15 is 0 Å². The normalized spacial score (nSPS) is 16.1. The lowest BCUT2D eigenvalue weighted by atomic mass is 9.93. The van der Waals surface area contributed by atoms with E-state index in [4.69, 9.17) is 14.7 Å². The molecule has 0 spiro atoms. The van der Waals surface area contributed by atoms with Crippen LogP contribution in [0.25, 0.3) is 11.4 Å². The number of ether oxygens (including phenoxy) is 1. The third-order valence-corrected chi connectivity index (χ3v) is 6.70. The molecular weight excluding hydrogens is 450 g/mol. The van der Waals surface area contributed by atoms with Gasteiger partial charge in [-0.25, -0.2) is 15.0 Å². The summed E-state index contributed by atoms with van der Waals surface area (Å²) in [5.74, 6) is 2.93. The summed E-state index contributed by atoms with van der Waals surface area (Å²) < 4.78 is 7.69. The average Bonchev–Trinajstić information content (AvgIpc) is 3.42. The highest BCUT2D eigenvalue weighted by molar-refractivity contribution is 5.57. The highest BCUT2D eigenvalue weighted by atomic mass is 16.5. The highest BCUT2D eigenvalue weighted by Crippen LogP contribution is 2.30. The van der Waals surface area contributed by atoms with Crippen LogP contribution in [-0.4, -0.2) is 63.7 Å². The van der Waals surface area contributed by atoms with Crippen LogP contribution in [-0.2, 0) is 13.1 Å². The van der Waals surface area contributed by atoms with Gasteiger partial charge in [-0.05, 0) is 49.2 Å². The van der Waals surface area contributed by atoms with E-state index in [1.165, 1.54) is 5.56 Å². The van der Waals surface area contributed by atoms with Crippen molar-refractivity contribution in [2.45, 2.75) is 31.8 Å². The molecule has 8 nitrogen and oxygen atoms in total. The third kappa shape index (κ3) is 5.54. The molecule has 1 aliphatic heterocycles. The predicted octanol–water partition coefficient (Wildman–Crippen LogP) is 4.24. The zero-order valence-electron chi connectivity index (χ0n) is 21.2. The van der Waals surface area contributed by atoms with Crippen LogP contribution in [0.4, 0.5) is 5.82 Å². The molecule has 8 heteroatoms. The number of likely N-dealkylation sites (tertiary alicyclic amines) is 1. The van der Waals surface area contributed by atoms with Crippen molar-refractivity contribution in [1.82, 2.24) is 29.4 Å². The second-order valence-corrected chi connectivity index (χ2v) is 9.57. The Bertz CT molecular complexity index is 1270. The molecule has 0 amide bonds. The Labute approximate surface area is 212 Å². The van der Waals surface area contributed by atoms with E-state index < -0.39 is 0 Å². The van der Waals surface area contributed by atoms with Gasteiger partial charge in [0, 0.05) is 75.1 Å². The number of aromatic nitrogens is 5. The van der Waals surface area contributed by atoms with Crippen molar-refractivity contribution in [3.05, 3.63) is 84.3 Å². The van der Waals surface area contributed by atoms with Crippen LogP contribution in [0.3, 0.4) is 0 Å². The van der Waals surface area contributed by atoms with E-state index in [1.807, 2.05) is 49.8 Å². The summed E-state index contributed by atoms with van der Waals surface area (Å²) >= 11 is 0. The highest BCUT2D eigenvalue weighted by Gasteiger charge is 2.24. The molecule has 0 aliphatic carbocycles. The second-order valence-electron chi connectivity index (χ2n) is 9.57. The van der Waals surface area contributed by atoms with E-state index in [-0.39, 0.29) is 0 Å². The van der Waals surface area contributed by atoms with Crippen LogP contribution in [0, 0.1) is 0 Å². The van der Waals surface area contributed by atoms with Gasteiger partial charge < -0.3 is 14.2 Å². The van der Waals surface area contributed by atoms with Gasteiger partial charge in [0.05, 0.1) is 25.7 Å². The first-order valence-electron chi connectivity index (χ1n) is 12.4. The first-order valence-corrected chi connectivity index (χ1v) is 12.4. The topological polar surface area (TPSA) is 72.2 Å². The second kappa shape index (κ2) is 10.9. The molecule has 1 aliphatic rings. The molecule has 4 heterocycles. The van der Waals surface area contributed by atoms with E-state index in [9.17, 15) is 0 Å². The molecule has 0 N–H and O–H groups in total. The number of methoxy groups -OCH3 is 1. The van der Waals surface area contributed by atoms with Crippen molar-refractivity contribution in [3.8, 4) is 17.1 Å². The van der Waals surface area contributed by atoms with Crippen LogP contribution in [0.5, 0.6) is 5.75 Å². The van der Waals surface area contributed by atoms with Crippen LogP contribution < -0.4 is 9.64 Å². The third-order valence-electron chi connectivity index (χ3n) is 6.70. The van der Waals surface area contributed by atoms with Crippen LogP contribution >= 0.6 is 0 Å². The maximum absolute atomic E-state index is 5.62. The molecule has 0 saturated carbocycles. The molecular formula is C28H33N7O. The largest absolute Gasteiger partial charge is 0.496 e. The van der Waals surface area contributed by atoms with Crippen LogP contribution in [0.1, 0.15) is 35.6 Å². The van der Waals surface area contributed by atoms with E-state index in [2.05, 4.69) is 43.7 Å². The van der Waals surface area contributed by atoms with Crippen LogP contribution in [0.2, 0.25) is 0 Å². The van der Waals surface area contributed by atoms with Gasteiger partial charge >= 0.3 is 0 Å². The smallest absolute Gasteiger partial charge is 0.163 e. The summed E-state index contributed by atoms with van der Waals surface area (Å²) in [6.45, 7) is 3.70. The van der Waals surface area contributed by atoms with Gasteiger partial charge in [0.2, 0.25) is 0 Å². The number of nitrogens with zero attached hydrogens (tertiary/aromatic N) is 7. The van der Waals surface area contributed by atoms with Crippen molar-refractivity contribution < 1.29 is 4.74 Å². The fraction of sp³-hybridized carbons (Fsp3) is 0.357. The Morgan fingerprint density at radius 2 is 1.97 bits per heavy atom. The minimum Gasteiger partial charge on any atom is -0.496 e.